The van der Waals surface area contributed by atoms with E-state index in [4.69, 9.17) is 39.5 Å². The third kappa shape index (κ3) is 5.38. The number of carbonyl (C=O) groups is 2. The van der Waals surface area contributed by atoms with Gasteiger partial charge in [0.05, 0.1) is 15.6 Å². The van der Waals surface area contributed by atoms with Gasteiger partial charge in [0.15, 0.2) is 0 Å². The standard InChI is InChI=1S/C20H12Cl3FN2O3/c21-11-4-7-13(8-5-11)29-17-9-6-12(10-15(17)23)25-20(28)26-19(27)18-14(22)2-1-3-16(18)24/h1-10H,(H2,25,26,27,28). The lowest BCUT2D eigenvalue weighted by Gasteiger charge is -2.11. The van der Waals surface area contributed by atoms with E-state index in [1.807, 2.05) is 5.32 Å². The first-order valence-electron chi connectivity index (χ1n) is 8.13. The van der Waals surface area contributed by atoms with Crippen LogP contribution in [0.2, 0.25) is 15.1 Å². The predicted octanol–water partition coefficient (Wildman–Crippen LogP) is 6.54. The van der Waals surface area contributed by atoms with Gasteiger partial charge < -0.3 is 10.1 Å². The molecule has 3 aromatic carbocycles. The molecule has 3 amide bonds. The lowest BCUT2D eigenvalue weighted by atomic mass is 10.2. The summed E-state index contributed by atoms with van der Waals surface area (Å²) in [7, 11) is 0. The smallest absolute Gasteiger partial charge is 0.326 e. The number of hydrogen-bond acceptors (Lipinski definition) is 3. The van der Waals surface area contributed by atoms with Crippen molar-refractivity contribution in [3.8, 4) is 11.5 Å². The molecule has 0 bridgehead atoms. The Morgan fingerprint density at radius 3 is 2.28 bits per heavy atom. The van der Waals surface area contributed by atoms with Crippen LogP contribution in [0.3, 0.4) is 0 Å². The number of imide groups is 1. The highest BCUT2D eigenvalue weighted by atomic mass is 35.5. The van der Waals surface area contributed by atoms with Gasteiger partial charge in [0, 0.05) is 10.7 Å². The molecule has 0 aliphatic heterocycles. The van der Waals surface area contributed by atoms with Crippen LogP contribution in [-0.4, -0.2) is 11.9 Å². The van der Waals surface area contributed by atoms with Gasteiger partial charge in [-0.05, 0) is 54.6 Å². The molecule has 0 radical (unpaired) electrons. The number of benzene rings is 3. The first-order chi connectivity index (χ1) is 13.8. The molecule has 3 rings (SSSR count). The van der Waals surface area contributed by atoms with Gasteiger partial charge in [-0.2, -0.15) is 0 Å². The summed E-state index contributed by atoms with van der Waals surface area (Å²) >= 11 is 17.8. The van der Waals surface area contributed by atoms with E-state index in [1.54, 1.807) is 30.3 Å². The number of urea groups is 1. The summed E-state index contributed by atoms with van der Waals surface area (Å²) in [6, 6.07) is 14.1. The molecule has 0 atom stereocenters. The number of hydrogen-bond donors (Lipinski definition) is 2. The summed E-state index contributed by atoms with van der Waals surface area (Å²) in [5, 5.41) is 5.12. The molecular weight excluding hydrogens is 442 g/mol. The molecule has 0 aliphatic rings. The molecular formula is C20H12Cl3FN2O3. The zero-order valence-electron chi connectivity index (χ0n) is 14.5. The highest BCUT2D eigenvalue weighted by molar-refractivity contribution is 6.34. The topological polar surface area (TPSA) is 67.4 Å². The van der Waals surface area contributed by atoms with Crippen molar-refractivity contribution in [1.29, 1.82) is 0 Å². The second-order valence-electron chi connectivity index (χ2n) is 5.71. The quantitative estimate of drug-likeness (QED) is 0.471. The average molecular weight is 454 g/mol. The Morgan fingerprint density at radius 1 is 0.897 bits per heavy atom. The summed E-state index contributed by atoms with van der Waals surface area (Å²) in [5.41, 5.74) is -0.127. The average Bonchev–Trinajstić information content (AvgIpc) is 2.65. The van der Waals surface area contributed by atoms with Crippen LogP contribution in [0.25, 0.3) is 0 Å². The summed E-state index contributed by atoms with van der Waals surface area (Å²) in [6.07, 6.45) is 0. The van der Waals surface area contributed by atoms with E-state index in [0.29, 0.717) is 22.2 Å². The number of halogens is 4. The van der Waals surface area contributed by atoms with Gasteiger partial charge in [-0.15, -0.1) is 0 Å². The van der Waals surface area contributed by atoms with Crippen LogP contribution >= 0.6 is 34.8 Å². The summed E-state index contributed by atoms with van der Waals surface area (Å²) in [4.78, 5) is 24.1. The van der Waals surface area contributed by atoms with Crippen molar-refractivity contribution in [2.45, 2.75) is 0 Å². The van der Waals surface area contributed by atoms with Gasteiger partial charge >= 0.3 is 6.03 Å². The Hall–Kier alpha value is -2.80. The molecule has 0 aromatic heterocycles. The van der Waals surface area contributed by atoms with Crippen molar-refractivity contribution in [3.63, 3.8) is 0 Å². The number of nitrogens with one attached hydrogen (secondary N) is 2. The van der Waals surface area contributed by atoms with Crippen molar-refractivity contribution in [3.05, 3.63) is 87.1 Å². The maximum absolute atomic E-state index is 13.8. The van der Waals surface area contributed by atoms with E-state index in [9.17, 15) is 14.0 Å². The van der Waals surface area contributed by atoms with E-state index in [1.165, 1.54) is 24.3 Å². The number of ether oxygens (including phenoxy) is 1. The van der Waals surface area contributed by atoms with Crippen molar-refractivity contribution >= 4 is 52.4 Å². The zero-order chi connectivity index (χ0) is 21.0. The van der Waals surface area contributed by atoms with Crippen LogP contribution in [-0.2, 0) is 0 Å². The number of anilines is 1. The molecule has 3 aromatic rings. The van der Waals surface area contributed by atoms with E-state index in [0.717, 1.165) is 6.07 Å². The van der Waals surface area contributed by atoms with E-state index in [-0.39, 0.29) is 10.0 Å². The Kier molecular flexibility index (Phi) is 6.59. The maximum Gasteiger partial charge on any atom is 0.326 e. The van der Waals surface area contributed by atoms with Gasteiger partial charge in [-0.25, -0.2) is 9.18 Å². The summed E-state index contributed by atoms with van der Waals surface area (Å²) in [6.45, 7) is 0. The van der Waals surface area contributed by atoms with Gasteiger partial charge in [-0.1, -0.05) is 40.9 Å². The van der Waals surface area contributed by atoms with Crippen molar-refractivity contribution in [2.24, 2.45) is 0 Å². The molecule has 0 heterocycles. The predicted molar refractivity (Wildman–Crippen MR) is 111 cm³/mol. The fourth-order valence-electron chi connectivity index (χ4n) is 2.33. The fourth-order valence-corrected chi connectivity index (χ4v) is 2.93. The Morgan fingerprint density at radius 2 is 1.62 bits per heavy atom. The third-order valence-electron chi connectivity index (χ3n) is 3.65. The van der Waals surface area contributed by atoms with Crippen molar-refractivity contribution < 1.29 is 18.7 Å². The molecule has 148 valence electrons. The second-order valence-corrected chi connectivity index (χ2v) is 6.96. The molecule has 0 spiro atoms. The number of amides is 3. The monoisotopic (exact) mass is 452 g/mol. The minimum absolute atomic E-state index is 0.109. The minimum Gasteiger partial charge on any atom is -0.456 e. The molecule has 5 nitrogen and oxygen atoms in total. The number of rotatable bonds is 4. The van der Waals surface area contributed by atoms with E-state index in [2.05, 4.69) is 5.32 Å². The van der Waals surface area contributed by atoms with Gasteiger partial charge in [-0.3, -0.25) is 10.1 Å². The van der Waals surface area contributed by atoms with Crippen LogP contribution in [0.15, 0.2) is 60.7 Å². The van der Waals surface area contributed by atoms with Crippen LogP contribution < -0.4 is 15.4 Å². The molecule has 2 N–H and O–H groups in total. The van der Waals surface area contributed by atoms with Gasteiger partial charge in [0.2, 0.25) is 0 Å². The molecule has 9 heteroatoms. The SMILES string of the molecule is O=C(NC(=O)c1c(F)cccc1Cl)Nc1ccc(Oc2ccc(Cl)cc2)c(Cl)c1. The number of carbonyl (C=O) groups excluding carboxylic acids is 2. The van der Waals surface area contributed by atoms with Crippen molar-refractivity contribution in [2.75, 3.05) is 5.32 Å². The Labute approximate surface area is 180 Å². The van der Waals surface area contributed by atoms with E-state index >= 15 is 0 Å². The fraction of sp³-hybridized carbons (Fsp3) is 0. The van der Waals surface area contributed by atoms with Crippen molar-refractivity contribution in [1.82, 2.24) is 5.32 Å². The Bertz CT molecular complexity index is 1050. The molecule has 29 heavy (non-hydrogen) atoms. The molecule has 0 unspecified atom stereocenters. The maximum atomic E-state index is 13.8. The van der Waals surface area contributed by atoms with E-state index < -0.39 is 23.3 Å². The van der Waals surface area contributed by atoms with Crippen LogP contribution in [0.4, 0.5) is 14.9 Å². The van der Waals surface area contributed by atoms with Crippen LogP contribution in [0.5, 0.6) is 11.5 Å². The normalized spacial score (nSPS) is 10.3. The first-order valence-corrected chi connectivity index (χ1v) is 9.26. The van der Waals surface area contributed by atoms with Gasteiger partial charge in [0.1, 0.15) is 17.3 Å². The largest absolute Gasteiger partial charge is 0.456 e. The lowest BCUT2D eigenvalue weighted by Crippen LogP contribution is -2.35. The molecule has 0 saturated heterocycles. The highest BCUT2D eigenvalue weighted by Gasteiger charge is 2.18. The third-order valence-corrected chi connectivity index (χ3v) is 4.51. The second kappa shape index (κ2) is 9.13. The lowest BCUT2D eigenvalue weighted by molar-refractivity contribution is 0.0963. The van der Waals surface area contributed by atoms with Gasteiger partial charge in [0.25, 0.3) is 5.91 Å². The minimum atomic E-state index is -0.973. The molecule has 0 fully saturated rings. The molecule has 0 aliphatic carbocycles. The van der Waals surface area contributed by atoms with Crippen LogP contribution in [0, 0.1) is 5.82 Å². The highest BCUT2D eigenvalue weighted by Crippen LogP contribution is 2.32. The first kappa shape index (κ1) is 20.9. The van der Waals surface area contributed by atoms with Crippen LogP contribution in [0.1, 0.15) is 10.4 Å². The molecule has 0 saturated carbocycles. The Balaban J connectivity index is 1.65. The summed E-state index contributed by atoms with van der Waals surface area (Å²) < 4.78 is 19.4. The summed E-state index contributed by atoms with van der Waals surface area (Å²) in [5.74, 6) is -0.926. The zero-order valence-corrected chi connectivity index (χ0v) is 16.8.